The van der Waals surface area contributed by atoms with Crippen LogP contribution in [0.15, 0.2) is 33.9 Å². The molecule has 0 atom stereocenters. The number of nitrogen functional groups attached to an aromatic ring is 1. The number of nitrogens with two attached hydrogens (primary N) is 1. The molecule has 0 radical (unpaired) electrons. The van der Waals surface area contributed by atoms with Gasteiger partial charge < -0.3 is 15.4 Å². The summed E-state index contributed by atoms with van der Waals surface area (Å²) in [7, 11) is 0. The van der Waals surface area contributed by atoms with E-state index in [9.17, 15) is 27.6 Å². The molecule has 176 valence electrons. The summed E-state index contributed by atoms with van der Waals surface area (Å²) in [6, 6.07) is 4.52. The third-order valence-corrected chi connectivity index (χ3v) is 4.61. The largest absolute Gasteiger partial charge is 0.483 e. The number of H-pyrrole nitrogens is 1. The molecule has 1 amide bonds. The van der Waals surface area contributed by atoms with E-state index < -0.39 is 41.3 Å². The molecule has 0 aliphatic carbocycles. The minimum Gasteiger partial charge on any atom is -0.483 e. The van der Waals surface area contributed by atoms with Crippen molar-refractivity contribution >= 4 is 17.4 Å². The number of para-hydroxylation sites is 1. The van der Waals surface area contributed by atoms with Gasteiger partial charge in [0, 0.05) is 13.1 Å². The van der Waals surface area contributed by atoms with E-state index in [4.69, 9.17) is 10.5 Å². The Balaban J connectivity index is 2.41. The molecule has 0 saturated carbocycles. The van der Waals surface area contributed by atoms with Gasteiger partial charge in [-0.3, -0.25) is 19.1 Å². The fourth-order valence-corrected chi connectivity index (χ4v) is 3.11. The van der Waals surface area contributed by atoms with Gasteiger partial charge in [0.2, 0.25) is 0 Å². The molecule has 8 nitrogen and oxygen atoms in total. The Kier molecular flexibility index (Phi) is 8.12. The van der Waals surface area contributed by atoms with Crippen LogP contribution in [0.3, 0.4) is 0 Å². The third kappa shape index (κ3) is 5.92. The second kappa shape index (κ2) is 10.4. The van der Waals surface area contributed by atoms with E-state index in [0.29, 0.717) is 12.8 Å². The van der Waals surface area contributed by atoms with Crippen LogP contribution >= 0.6 is 0 Å². The van der Waals surface area contributed by atoms with Gasteiger partial charge in [-0.25, -0.2) is 4.79 Å². The molecule has 0 aliphatic heterocycles. The molecule has 11 heteroatoms. The Morgan fingerprint density at radius 1 is 1.25 bits per heavy atom. The first-order valence-electron chi connectivity index (χ1n) is 10.2. The third-order valence-electron chi connectivity index (χ3n) is 4.61. The van der Waals surface area contributed by atoms with Gasteiger partial charge in [-0.1, -0.05) is 39.3 Å². The maximum Gasteiger partial charge on any atom is 0.419 e. The molecular formula is C21H27F3N4O4. The van der Waals surface area contributed by atoms with E-state index in [1.54, 1.807) is 0 Å². The molecule has 32 heavy (non-hydrogen) atoms. The minimum atomic E-state index is -4.66. The summed E-state index contributed by atoms with van der Waals surface area (Å²) in [5, 5.41) is 0. The average Bonchev–Trinajstić information content (AvgIpc) is 2.71. The number of nitrogens with zero attached hydrogens (tertiary/aromatic N) is 2. The predicted molar refractivity (Wildman–Crippen MR) is 115 cm³/mol. The number of aromatic amines is 1. The van der Waals surface area contributed by atoms with Crippen molar-refractivity contribution in [3.63, 3.8) is 0 Å². The highest BCUT2D eigenvalue weighted by Crippen LogP contribution is 2.35. The van der Waals surface area contributed by atoms with E-state index in [1.165, 1.54) is 12.1 Å². The van der Waals surface area contributed by atoms with Gasteiger partial charge in [-0.05, 0) is 24.5 Å². The average molecular weight is 456 g/mol. The standard InChI is InChI=1S/C21H27F3N4O4/c1-4-5-10-27(17-18(25)28(11-13(2)3)20(31)26-19(17)30)16(29)12-32-15-9-7-6-8-14(15)21(22,23)24/h6-9,13H,4-5,10-12,25H2,1-3H3,(H,26,30,31). The lowest BCUT2D eigenvalue weighted by molar-refractivity contribution is -0.139. The molecule has 3 N–H and O–H groups in total. The van der Waals surface area contributed by atoms with E-state index in [1.807, 2.05) is 20.8 Å². The van der Waals surface area contributed by atoms with Gasteiger partial charge in [0.05, 0.1) is 5.56 Å². The molecule has 0 spiro atoms. The van der Waals surface area contributed by atoms with Crippen molar-refractivity contribution in [1.29, 1.82) is 0 Å². The van der Waals surface area contributed by atoms with Crippen molar-refractivity contribution in [1.82, 2.24) is 9.55 Å². The van der Waals surface area contributed by atoms with Crippen molar-refractivity contribution < 1.29 is 22.7 Å². The monoisotopic (exact) mass is 456 g/mol. The van der Waals surface area contributed by atoms with Crippen molar-refractivity contribution in [2.24, 2.45) is 5.92 Å². The molecule has 1 aromatic heterocycles. The Bertz CT molecular complexity index is 1060. The zero-order chi connectivity index (χ0) is 24.1. The molecule has 2 rings (SSSR count). The van der Waals surface area contributed by atoms with Gasteiger partial charge in [0.1, 0.15) is 11.6 Å². The lowest BCUT2D eigenvalue weighted by atomic mass is 10.2. The summed E-state index contributed by atoms with van der Waals surface area (Å²) in [5.74, 6) is -1.43. The Labute approximate surface area is 182 Å². The van der Waals surface area contributed by atoms with Crippen LogP contribution in [0, 0.1) is 5.92 Å². The fourth-order valence-electron chi connectivity index (χ4n) is 3.11. The number of rotatable bonds is 9. The topological polar surface area (TPSA) is 110 Å². The van der Waals surface area contributed by atoms with Crippen molar-refractivity contribution in [3.8, 4) is 5.75 Å². The van der Waals surface area contributed by atoms with E-state index >= 15 is 0 Å². The molecular weight excluding hydrogens is 429 g/mol. The van der Waals surface area contributed by atoms with E-state index in [-0.39, 0.29) is 30.5 Å². The second-order valence-electron chi connectivity index (χ2n) is 7.68. The molecule has 0 unspecified atom stereocenters. The van der Waals surface area contributed by atoms with Gasteiger partial charge in [-0.2, -0.15) is 13.2 Å². The summed E-state index contributed by atoms with van der Waals surface area (Å²) in [6.45, 7) is 5.10. The first kappa shape index (κ1) is 25.0. The van der Waals surface area contributed by atoms with Crippen molar-refractivity contribution in [3.05, 3.63) is 50.7 Å². The van der Waals surface area contributed by atoms with Crippen molar-refractivity contribution in [2.75, 3.05) is 23.8 Å². The van der Waals surface area contributed by atoms with Crippen LogP contribution in [0.1, 0.15) is 39.2 Å². The molecule has 0 aliphatic rings. The Morgan fingerprint density at radius 2 is 1.91 bits per heavy atom. The number of amides is 1. The number of benzene rings is 1. The number of halogens is 3. The maximum absolute atomic E-state index is 13.2. The summed E-state index contributed by atoms with van der Waals surface area (Å²) < 4.78 is 45.9. The fraction of sp³-hybridized carbons (Fsp3) is 0.476. The van der Waals surface area contributed by atoms with Crippen LogP contribution in [0.4, 0.5) is 24.7 Å². The number of nitrogens with one attached hydrogen (secondary N) is 1. The first-order chi connectivity index (χ1) is 15.0. The number of alkyl halides is 3. The predicted octanol–water partition coefficient (Wildman–Crippen LogP) is 3.01. The SMILES string of the molecule is CCCCN(C(=O)COc1ccccc1C(F)(F)F)c1c(N)n(CC(C)C)c(=O)[nH]c1=O. The number of anilines is 2. The molecule has 0 fully saturated rings. The first-order valence-corrected chi connectivity index (χ1v) is 10.2. The van der Waals surface area contributed by atoms with Crippen LogP contribution in [-0.2, 0) is 17.5 Å². The van der Waals surface area contributed by atoms with Gasteiger partial charge >= 0.3 is 11.9 Å². The molecule has 1 aromatic carbocycles. The smallest absolute Gasteiger partial charge is 0.419 e. The maximum atomic E-state index is 13.2. The van der Waals surface area contributed by atoms with E-state index in [2.05, 4.69) is 4.98 Å². The molecule has 1 heterocycles. The highest BCUT2D eigenvalue weighted by Gasteiger charge is 2.34. The zero-order valence-corrected chi connectivity index (χ0v) is 18.2. The summed E-state index contributed by atoms with van der Waals surface area (Å²) in [6.07, 6.45) is -3.49. The van der Waals surface area contributed by atoms with Crippen LogP contribution in [0.2, 0.25) is 0 Å². The van der Waals surface area contributed by atoms with Crippen LogP contribution in [0.25, 0.3) is 0 Å². The quantitative estimate of drug-likeness (QED) is 0.603. The van der Waals surface area contributed by atoms with E-state index in [0.717, 1.165) is 21.6 Å². The normalized spacial score (nSPS) is 11.6. The molecule has 0 bridgehead atoms. The number of carbonyl (C=O) groups excluding carboxylic acids is 1. The highest BCUT2D eigenvalue weighted by atomic mass is 19.4. The Hall–Kier alpha value is -3.24. The lowest BCUT2D eigenvalue weighted by Gasteiger charge is -2.25. The second-order valence-corrected chi connectivity index (χ2v) is 7.68. The number of hydrogen-bond acceptors (Lipinski definition) is 5. The number of aromatic nitrogens is 2. The van der Waals surface area contributed by atoms with Crippen LogP contribution < -0.4 is 26.6 Å². The number of carbonyl (C=O) groups is 1. The molecule has 0 saturated heterocycles. The van der Waals surface area contributed by atoms with Gasteiger partial charge in [-0.15, -0.1) is 0 Å². The van der Waals surface area contributed by atoms with Crippen LogP contribution in [0.5, 0.6) is 5.75 Å². The Morgan fingerprint density at radius 3 is 2.50 bits per heavy atom. The summed E-state index contributed by atoms with van der Waals surface area (Å²) in [4.78, 5) is 40.9. The van der Waals surface area contributed by atoms with Gasteiger partial charge in [0.15, 0.2) is 12.3 Å². The zero-order valence-electron chi connectivity index (χ0n) is 18.2. The van der Waals surface area contributed by atoms with Crippen LogP contribution in [-0.4, -0.2) is 28.6 Å². The number of unbranched alkanes of at least 4 members (excludes halogenated alkanes) is 1. The summed E-state index contributed by atoms with van der Waals surface area (Å²) >= 11 is 0. The minimum absolute atomic E-state index is 0.0238. The van der Waals surface area contributed by atoms with Gasteiger partial charge in [0.25, 0.3) is 11.5 Å². The lowest BCUT2D eigenvalue weighted by Crippen LogP contribution is -2.43. The van der Waals surface area contributed by atoms with Crippen molar-refractivity contribution in [2.45, 2.75) is 46.3 Å². The summed E-state index contributed by atoms with van der Waals surface area (Å²) in [5.41, 5.74) is 3.29. The number of ether oxygens (including phenoxy) is 1. The molecule has 2 aromatic rings. The number of hydrogen-bond donors (Lipinski definition) is 2. The highest BCUT2D eigenvalue weighted by molar-refractivity contribution is 5.96.